The minimum Gasteiger partial charge on any atom is -0.341 e. The van der Waals surface area contributed by atoms with Gasteiger partial charge in [0.2, 0.25) is 5.91 Å². The monoisotopic (exact) mass is 367 g/mol. The molecule has 0 unspecified atom stereocenters. The Labute approximate surface area is 156 Å². The Kier molecular flexibility index (Phi) is 5.73. The van der Waals surface area contributed by atoms with Gasteiger partial charge in [-0.15, -0.1) is 11.8 Å². The second kappa shape index (κ2) is 8.19. The minimum atomic E-state index is -0.112. The van der Waals surface area contributed by atoms with Gasteiger partial charge in [0.25, 0.3) is 5.56 Å². The molecule has 134 valence electrons. The van der Waals surface area contributed by atoms with Crippen molar-refractivity contribution in [3.63, 3.8) is 0 Å². The highest BCUT2D eigenvalue weighted by Gasteiger charge is 2.11. The highest BCUT2D eigenvalue weighted by Crippen LogP contribution is 2.15. The third kappa shape index (κ3) is 4.14. The predicted octanol–water partition coefficient (Wildman–Crippen LogP) is 3.17. The maximum atomic E-state index is 12.5. The average Bonchev–Trinajstić information content (AvgIpc) is 2.68. The Hall–Kier alpha value is -2.60. The van der Waals surface area contributed by atoms with Crippen LogP contribution >= 0.6 is 11.8 Å². The van der Waals surface area contributed by atoms with Crippen molar-refractivity contribution in [1.29, 1.82) is 0 Å². The molecule has 0 aliphatic carbocycles. The van der Waals surface area contributed by atoms with E-state index in [9.17, 15) is 9.59 Å². The van der Waals surface area contributed by atoms with Crippen molar-refractivity contribution in [2.75, 3.05) is 13.3 Å². The van der Waals surface area contributed by atoms with Gasteiger partial charge in [-0.25, -0.2) is 4.98 Å². The van der Waals surface area contributed by atoms with E-state index in [-0.39, 0.29) is 17.9 Å². The molecule has 0 N–H and O–H groups in total. The summed E-state index contributed by atoms with van der Waals surface area (Å²) in [4.78, 5) is 32.0. The molecule has 0 atom stereocenters. The Morgan fingerprint density at radius 1 is 1.15 bits per heavy atom. The summed E-state index contributed by atoms with van der Waals surface area (Å²) in [5.74, 6) is -0.000924. The van der Waals surface area contributed by atoms with Gasteiger partial charge < -0.3 is 4.90 Å². The molecule has 6 heteroatoms. The molecule has 0 saturated heterocycles. The average molecular weight is 367 g/mol. The van der Waals surface area contributed by atoms with Crippen molar-refractivity contribution in [2.45, 2.75) is 24.4 Å². The summed E-state index contributed by atoms with van der Waals surface area (Å²) < 4.78 is 1.50. The van der Waals surface area contributed by atoms with Gasteiger partial charge >= 0.3 is 0 Å². The molecule has 0 bridgehead atoms. The largest absolute Gasteiger partial charge is 0.341 e. The first-order valence-electron chi connectivity index (χ1n) is 8.39. The number of fused-ring (bicyclic) bond motifs is 1. The van der Waals surface area contributed by atoms with Gasteiger partial charge in [0.1, 0.15) is 0 Å². The number of aromatic nitrogens is 2. The number of hydrogen-bond acceptors (Lipinski definition) is 4. The summed E-state index contributed by atoms with van der Waals surface area (Å²) >= 11 is 1.69. The lowest BCUT2D eigenvalue weighted by Crippen LogP contribution is -2.29. The van der Waals surface area contributed by atoms with Crippen molar-refractivity contribution >= 4 is 28.6 Å². The fourth-order valence-corrected chi connectivity index (χ4v) is 3.17. The summed E-state index contributed by atoms with van der Waals surface area (Å²) in [5, 5.41) is 0.574. The second-order valence-corrected chi connectivity index (χ2v) is 6.99. The van der Waals surface area contributed by atoms with E-state index < -0.39 is 0 Å². The van der Waals surface area contributed by atoms with Crippen molar-refractivity contribution in [1.82, 2.24) is 14.5 Å². The van der Waals surface area contributed by atoms with E-state index >= 15 is 0 Å². The van der Waals surface area contributed by atoms with Crippen LogP contribution < -0.4 is 5.56 Å². The van der Waals surface area contributed by atoms with E-state index in [0.29, 0.717) is 24.0 Å². The first-order valence-corrected chi connectivity index (χ1v) is 9.62. The number of thioether (sulfide) groups is 1. The van der Waals surface area contributed by atoms with Crippen molar-refractivity contribution in [3.05, 3.63) is 70.8 Å². The van der Waals surface area contributed by atoms with Crippen LogP contribution in [0.1, 0.15) is 12.0 Å². The van der Waals surface area contributed by atoms with Crippen LogP contribution in [-0.2, 0) is 17.9 Å². The number of hydrogen-bond donors (Lipinski definition) is 0. The third-order valence-corrected chi connectivity index (χ3v) is 5.05. The van der Waals surface area contributed by atoms with E-state index in [2.05, 4.69) is 17.1 Å². The quantitative estimate of drug-likeness (QED) is 0.628. The van der Waals surface area contributed by atoms with Gasteiger partial charge in [0, 0.05) is 31.5 Å². The third-order valence-electron chi connectivity index (χ3n) is 4.30. The van der Waals surface area contributed by atoms with Crippen LogP contribution in [0, 0.1) is 0 Å². The Balaban J connectivity index is 1.62. The van der Waals surface area contributed by atoms with Crippen molar-refractivity contribution in [2.24, 2.45) is 0 Å². The highest BCUT2D eigenvalue weighted by molar-refractivity contribution is 7.98. The summed E-state index contributed by atoms with van der Waals surface area (Å²) in [7, 11) is 1.78. The molecular formula is C20H21N3O2S. The molecule has 0 aliphatic heterocycles. The van der Waals surface area contributed by atoms with Crippen LogP contribution in [0.5, 0.6) is 0 Å². The normalized spacial score (nSPS) is 10.8. The Bertz CT molecular complexity index is 967. The van der Waals surface area contributed by atoms with Gasteiger partial charge in [0.15, 0.2) is 0 Å². The molecule has 2 aromatic carbocycles. The number of carbonyl (C=O) groups is 1. The van der Waals surface area contributed by atoms with Gasteiger partial charge in [-0.05, 0) is 36.1 Å². The Morgan fingerprint density at radius 2 is 1.88 bits per heavy atom. The first-order chi connectivity index (χ1) is 12.6. The number of benzene rings is 2. The van der Waals surface area contributed by atoms with Crippen LogP contribution in [-0.4, -0.2) is 33.7 Å². The lowest BCUT2D eigenvalue weighted by atomic mass is 10.2. The lowest BCUT2D eigenvalue weighted by molar-refractivity contribution is -0.130. The van der Waals surface area contributed by atoms with E-state index in [1.54, 1.807) is 29.8 Å². The van der Waals surface area contributed by atoms with Crippen LogP contribution in [0.15, 0.2) is 64.5 Å². The fraction of sp³-hybridized carbons (Fsp3) is 0.250. The van der Waals surface area contributed by atoms with Gasteiger partial charge in [-0.1, -0.05) is 24.3 Å². The number of amides is 1. The van der Waals surface area contributed by atoms with E-state index in [4.69, 9.17) is 0 Å². The van der Waals surface area contributed by atoms with Crippen LogP contribution in [0.4, 0.5) is 0 Å². The molecule has 26 heavy (non-hydrogen) atoms. The molecule has 0 fully saturated rings. The smallest absolute Gasteiger partial charge is 0.261 e. The molecule has 1 heterocycles. The SMILES string of the molecule is CSc1ccc(CN(C)C(=O)CCn2cnc3ccccc3c2=O)cc1. The second-order valence-electron chi connectivity index (χ2n) is 6.11. The molecule has 0 spiro atoms. The molecule has 3 rings (SSSR count). The zero-order valence-corrected chi connectivity index (χ0v) is 15.7. The van der Waals surface area contributed by atoms with Crippen LogP contribution in [0.25, 0.3) is 10.9 Å². The van der Waals surface area contributed by atoms with Gasteiger partial charge in [-0.2, -0.15) is 0 Å². The maximum absolute atomic E-state index is 12.5. The topological polar surface area (TPSA) is 55.2 Å². The minimum absolute atomic E-state index is 0.000924. The molecule has 1 amide bonds. The molecule has 1 aromatic heterocycles. The standard InChI is InChI=1S/C20H21N3O2S/c1-22(13-15-7-9-16(26-2)10-8-15)19(24)11-12-23-14-21-18-6-4-3-5-17(18)20(23)25/h3-10,14H,11-13H2,1-2H3. The number of rotatable bonds is 6. The number of carbonyl (C=O) groups excluding carboxylic acids is 1. The van der Waals surface area contributed by atoms with Crippen LogP contribution in [0.3, 0.4) is 0 Å². The highest BCUT2D eigenvalue weighted by atomic mass is 32.2. The van der Waals surface area contributed by atoms with Crippen molar-refractivity contribution in [3.8, 4) is 0 Å². The number of nitrogens with zero attached hydrogens (tertiary/aromatic N) is 3. The molecule has 3 aromatic rings. The molecular weight excluding hydrogens is 346 g/mol. The van der Waals surface area contributed by atoms with Gasteiger partial charge in [0.05, 0.1) is 17.2 Å². The first kappa shape index (κ1) is 18.2. The molecule has 5 nitrogen and oxygen atoms in total. The zero-order valence-electron chi connectivity index (χ0n) is 14.9. The Morgan fingerprint density at radius 3 is 2.62 bits per heavy atom. The molecule has 0 aliphatic rings. The summed E-state index contributed by atoms with van der Waals surface area (Å²) in [6.07, 6.45) is 3.81. The summed E-state index contributed by atoms with van der Waals surface area (Å²) in [6.45, 7) is 0.879. The fourth-order valence-electron chi connectivity index (χ4n) is 2.77. The maximum Gasteiger partial charge on any atom is 0.261 e. The summed E-state index contributed by atoms with van der Waals surface area (Å²) in [6, 6.07) is 15.4. The number of aryl methyl sites for hydroxylation is 1. The molecule has 0 radical (unpaired) electrons. The molecule has 0 saturated carbocycles. The lowest BCUT2D eigenvalue weighted by Gasteiger charge is -2.18. The van der Waals surface area contributed by atoms with Crippen LogP contribution in [0.2, 0.25) is 0 Å². The van der Waals surface area contributed by atoms with Crippen molar-refractivity contribution < 1.29 is 4.79 Å². The van der Waals surface area contributed by atoms with E-state index in [0.717, 1.165) is 5.56 Å². The zero-order chi connectivity index (χ0) is 18.5. The number of para-hydroxylation sites is 1. The predicted molar refractivity (Wildman–Crippen MR) is 105 cm³/mol. The van der Waals surface area contributed by atoms with Gasteiger partial charge in [-0.3, -0.25) is 14.2 Å². The van der Waals surface area contributed by atoms with E-state index in [1.165, 1.54) is 15.8 Å². The summed E-state index contributed by atoms with van der Waals surface area (Å²) in [5.41, 5.74) is 1.65. The van der Waals surface area contributed by atoms with E-state index in [1.807, 2.05) is 36.6 Å².